The molecule has 0 unspecified atom stereocenters. The van der Waals surface area contributed by atoms with Gasteiger partial charge in [-0.05, 0) is 52.3 Å². The van der Waals surface area contributed by atoms with E-state index in [4.69, 9.17) is 34.9 Å². The van der Waals surface area contributed by atoms with Crippen LogP contribution in [0.4, 0.5) is 5.69 Å². The SMILES string of the molecule is CCOP(=O)(COC[C@H]1O[C@@H](n2ccc3c(N[C@H](C)c4ccccc4)cc(Cl)nc32)C[C@@H]1OC(C)(C)O)OCC. The molecule has 4 rings (SSSR count). The highest BCUT2D eigenvalue weighted by Crippen LogP contribution is 2.48. The molecule has 0 bridgehead atoms. The van der Waals surface area contributed by atoms with Gasteiger partial charge in [-0.2, -0.15) is 0 Å². The third-order valence-corrected chi connectivity index (χ3v) is 8.43. The lowest BCUT2D eigenvalue weighted by molar-refractivity contribution is -0.218. The van der Waals surface area contributed by atoms with Crippen molar-refractivity contribution in [3.05, 3.63) is 59.4 Å². The van der Waals surface area contributed by atoms with Crippen LogP contribution < -0.4 is 5.32 Å². The van der Waals surface area contributed by atoms with Gasteiger partial charge in [0.25, 0.3) is 0 Å². The summed E-state index contributed by atoms with van der Waals surface area (Å²) < 4.78 is 43.4. The Hall–Kier alpha value is -2.01. The Morgan fingerprint density at radius 1 is 1.23 bits per heavy atom. The van der Waals surface area contributed by atoms with E-state index in [2.05, 4.69) is 29.4 Å². The van der Waals surface area contributed by atoms with Gasteiger partial charge in [0.2, 0.25) is 0 Å². The molecule has 1 saturated heterocycles. The van der Waals surface area contributed by atoms with Crippen molar-refractivity contribution in [1.82, 2.24) is 9.55 Å². The number of anilines is 1. The van der Waals surface area contributed by atoms with E-state index in [9.17, 15) is 9.67 Å². The van der Waals surface area contributed by atoms with Crippen molar-refractivity contribution < 1.29 is 32.9 Å². The van der Waals surface area contributed by atoms with Crippen LogP contribution in [0.25, 0.3) is 11.0 Å². The van der Waals surface area contributed by atoms with Gasteiger partial charge in [-0.25, -0.2) is 4.98 Å². The van der Waals surface area contributed by atoms with E-state index in [1.165, 1.54) is 0 Å². The van der Waals surface area contributed by atoms with E-state index in [1.54, 1.807) is 27.7 Å². The first kappa shape index (κ1) is 30.9. The van der Waals surface area contributed by atoms with Crippen LogP contribution in [0.2, 0.25) is 5.15 Å². The van der Waals surface area contributed by atoms with Crippen LogP contribution in [0.15, 0.2) is 48.7 Å². The first-order chi connectivity index (χ1) is 19.0. The highest BCUT2D eigenvalue weighted by atomic mass is 35.5. The lowest BCUT2D eigenvalue weighted by Crippen LogP contribution is -2.37. The van der Waals surface area contributed by atoms with Crippen molar-refractivity contribution in [3.8, 4) is 0 Å². The maximum absolute atomic E-state index is 12.8. The number of aliphatic hydroxyl groups is 1. The third-order valence-electron chi connectivity index (χ3n) is 6.44. The van der Waals surface area contributed by atoms with Crippen molar-refractivity contribution in [2.24, 2.45) is 0 Å². The Balaban J connectivity index is 1.54. The fraction of sp³-hybridized carbons (Fsp3) is 0.536. The van der Waals surface area contributed by atoms with Gasteiger partial charge in [-0.15, -0.1) is 0 Å². The Labute approximate surface area is 240 Å². The van der Waals surface area contributed by atoms with Gasteiger partial charge in [0.1, 0.15) is 29.5 Å². The number of aromatic nitrogens is 2. The average Bonchev–Trinajstić information content (AvgIpc) is 3.47. The van der Waals surface area contributed by atoms with E-state index in [0.717, 1.165) is 16.6 Å². The molecule has 220 valence electrons. The molecule has 3 aromatic rings. The molecule has 4 atom stereocenters. The molecule has 1 aliphatic heterocycles. The summed E-state index contributed by atoms with van der Waals surface area (Å²) in [6.07, 6.45) is 0.589. The fourth-order valence-electron chi connectivity index (χ4n) is 4.81. The lowest BCUT2D eigenvalue weighted by atomic mass is 10.1. The molecule has 10 nitrogen and oxygen atoms in total. The van der Waals surface area contributed by atoms with Crippen molar-refractivity contribution in [2.45, 2.75) is 71.3 Å². The number of hydrogen-bond donors (Lipinski definition) is 2. The number of benzene rings is 1. The van der Waals surface area contributed by atoms with Gasteiger partial charge < -0.3 is 38.2 Å². The van der Waals surface area contributed by atoms with Crippen LogP contribution in [0, 0.1) is 0 Å². The van der Waals surface area contributed by atoms with Crippen LogP contribution in [-0.4, -0.2) is 58.8 Å². The van der Waals surface area contributed by atoms with Crippen LogP contribution in [0.5, 0.6) is 0 Å². The Morgan fingerprint density at radius 3 is 2.58 bits per heavy atom. The van der Waals surface area contributed by atoms with Crippen molar-refractivity contribution in [1.29, 1.82) is 0 Å². The molecule has 40 heavy (non-hydrogen) atoms. The smallest absolute Gasteiger partial charge is 0.356 e. The van der Waals surface area contributed by atoms with Crippen LogP contribution in [0.3, 0.4) is 0 Å². The predicted molar refractivity (Wildman–Crippen MR) is 155 cm³/mol. The van der Waals surface area contributed by atoms with E-state index >= 15 is 0 Å². The molecule has 1 fully saturated rings. The van der Waals surface area contributed by atoms with E-state index in [-0.39, 0.29) is 32.2 Å². The zero-order chi connectivity index (χ0) is 28.9. The minimum atomic E-state index is -3.38. The van der Waals surface area contributed by atoms with Crippen molar-refractivity contribution in [2.75, 3.05) is 31.5 Å². The maximum atomic E-state index is 12.8. The molecule has 1 aromatic carbocycles. The number of pyridine rings is 1. The molecule has 0 amide bonds. The van der Waals surface area contributed by atoms with Gasteiger partial charge in [0.05, 0.1) is 25.9 Å². The number of fused-ring (bicyclic) bond motifs is 1. The number of rotatable bonds is 14. The van der Waals surface area contributed by atoms with Crippen LogP contribution in [-0.2, 0) is 27.8 Å². The molecule has 1 aliphatic rings. The molecule has 12 heteroatoms. The lowest BCUT2D eigenvalue weighted by Gasteiger charge is -2.26. The van der Waals surface area contributed by atoms with E-state index < -0.39 is 31.8 Å². The van der Waals surface area contributed by atoms with Gasteiger partial charge in [-0.1, -0.05) is 41.9 Å². The summed E-state index contributed by atoms with van der Waals surface area (Å²) in [4.78, 5) is 4.60. The minimum Gasteiger partial charge on any atom is -0.378 e. The summed E-state index contributed by atoms with van der Waals surface area (Å²) in [6.45, 7) is 9.25. The number of nitrogens with zero attached hydrogens (tertiary/aromatic N) is 2. The summed E-state index contributed by atoms with van der Waals surface area (Å²) in [6, 6.07) is 14.0. The second-order valence-corrected chi connectivity index (χ2v) is 12.5. The summed E-state index contributed by atoms with van der Waals surface area (Å²) >= 11 is 6.46. The third kappa shape index (κ3) is 7.84. The zero-order valence-corrected chi connectivity index (χ0v) is 25.2. The fourth-order valence-corrected chi connectivity index (χ4v) is 6.34. The largest absolute Gasteiger partial charge is 0.378 e. The zero-order valence-electron chi connectivity index (χ0n) is 23.6. The number of halogens is 1. The number of ether oxygens (including phenoxy) is 3. The highest BCUT2D eigenvalue weighted by Gasteiger charge is 2.41. The first-order valence-corrected chi connectivity index (χ1v) is 15.6. The molecule has 0 saturated carbocycles. The quantitative estimate of drug-likeness (QED) is 0.122. The Bertz CT molecular complexity index is 1290. The molecular weight excluding hydrogens is 557 g/mol. The van der Waals surface area contributed by atoms with Crippen LogP contribution in [0.1, 0.15) is 58.9 Å². The van der Waals surface area contributed by atoms with Crippen molar-refractivity contribution in [3.63, 3.8) is 0 Å². The predicted octanol–water partition coefficient (Wildman–Crippen LogP) is 6.50. The van der Waals surface area contributed by atoms with E-state index in [0.29, 0.717) is 17.2 Å². The van der Waals surface area contributed by atoms with Crippen molar-refractivity contribution >= 4 is 35.9 Å². The molecule has 3 heterocycles. The summed E-state index contributed by atoms with van der Waals surface area (Å²) in [5.74, 6) is -1.39. The molecule has 0 aliphatic carbocycles. The molecule has 2 aromatic heterocycles. The van der Waals surface area contributed by atoms with Gasteiger partial charge in [-0.3, -0.25) is 4.57 Å². The second kappa shape index (κ2) is 13.3. The second-order valence-electron chi connectivity index (χ2n) is 10.1. The molecular formula is C28H39ClN3O7P. The molecule has 0 radical (unpaired) electrons. The van der Waals surface area contributed by atoms with Gasteiger partial charge in [0, 0.05) is 29.7 Å². The van der Waals surface area contributed by atoms with Gasteiger partial charge >= 0.3 is 7.60 Å². The molecule has 0 spiro atoms. The standard InChI is InChI=1S/C28H39ClN3O7P/c1-6-36-40(34,37-7-2)18-35-17-24-23(39-28(4,5)33)16-26(38-24)32-14-13-21-22(15-25(29)31-27(21)32)30-19(3)20-11-9-8-10-12-20/h8-15,19,23-24,26,33H,6-7,16-18H2,1-5H3,(H,30,31)/t19-,23+,24-,26-/m1/s1. The minimum absolute atomic E-state index is 0.0457. The van der Waals surface area contributed by atoms with Crippen LogP contribution >= 0.6 is 19.2 Å². The number of hydrogen-bond acceptors (Lipinski definition) is 9. The normalized spacial score (nSPS) is 20.7. The van der Waals surface area contributed by atoms with Gasteiger partial charge in [0.15, 0.2) is 5.79 Å². The monoisotopic (exact) mass is 595 g/mol. The Morgan fingerprint density at radius 2 is 1.93 bits per heavy atom. The number of nitrogens with one attached hydrogen (secondary N) is 1. The summed E-state index contributed by atoms with van der Waals surface area (Å²) in [7, 11) is -3.38. The maximum Gasteiger partial charge on any atom is 0.356 e. The summed E-state index contributed by atoms with van der Waals surface area (Å²) in [5.41, 5.74) is 2.66. The highest BCUT2D eigenvalue weighted by molar-refractivity contribution is 7.53. The van der Waals surface area contributed by atoms with E-state index in [1.807, 2.05) is 41.1 Å². The topological polar surface area (TPSA) is 113 Å². The average molecular weight is 596 g/mol. The molecule has 2 N–H and O–H groups in total. The summed E-state index contributed by atoms with van der Waals surface area (Å²) in [5, 5.41) is 15.2. The first-order valence-electron chi connectivity index (χ1n) is 13.5. The Kier molecular flexibility index (Phi) is 10.3.